The number of rotatable bonds is 1. The molecule has 0 bridgehead atoms. The van der Waals surface area contributed by atoms with Crippen molar-refractivity contribution in [2.24, 2.45) is 0 Å². The summed E-state index contributed by atoms with van der Waals surface area (Å²) in [6.07, 6.45) is 0.931. The van der Waals surface area contributed by atoms with E-state index in [2.05, 4.69) is 22.6 Å². The molecule has 0 unspecified atom stereocenters. The number of halogens is 1. The van der Waals surface area contributed by atoms with Crippen molar-refractivity contribution in [3.8, 4) is 0 Å². The molecule has 12 heavy (non-hydrogen) atoms. The summed E-state index contributed by atoms with van der Waals surface area (Å²) in [6, 6.07) is 7.97. The Bertz CT molecular complexity index is 433. The summed E-state index contributed by atoms with van der Waals surface area (Å²) in [4.78, 5) is 10.7. The fourth-order valence-electron chi connectivity index (χ4n) is 1.15. The first-order chi connectivity index (χ1) is 5.83. The van der Waals surface area contributed by atoms with E-state index in [4.69, 9.17) is 0 Å². The molecule has 0 radical (unpaired) electrons. The number of carbonyl (C=O) groups is 1. The molecule has 1 heterocycles. The zero-order chi connectivity index (χ0) is 8.55. The van der Waals surface area contributed by atoms with Gasteiger partial charge in [0.05, 0.1) is 2.88 Å². The maximum absolute atomic E-state index is 10.7. The fraction of sp³-hybridized carbons (Fsp3) is 0. The van der Waals surface area contributed by atoms with E-state index < -0.39 is 0 Å². The Morgan fingerprint density at radius 1 is 1.33 bits per heavy atom. The van der Waals surface area contributed by atoms with Crippen LogP contribution in [0.1, 0.15) is 10.4 Å². The average molecular weight is 288 g/mol. The molecule has 0 spiro atoms. The molecule has 0 amide bonds. The maximum Gasteiger partial charge on any atom is 0.152 e. The SMILES string of the molecule is O=Cc1c(I)sc2ccccc12. The van der Waals surface area contributed by atoms with Gasteiger partial charge in [0.25, 0.3) is 0 Å². The molecule has 1 nitrogen and oxygen atoms in total. The first kappa shape index (κ1) is 8.19. The molecule has 0 N–H and O–H groups in total. The van der Waals surface area contributed by atoms with Crippen molar-refractivity contribution in [3.63, 3.8) is 0 Å². The fourth-order valence-corrected chi connectivity index (χ4v) is 3.17. The smallest absolute Gasteiger partial charge is 0.152 e. The summed E-state index contributed by atoms with van der Waals surface area (Å²) in [5, 5.41) is 1.07. The highest BCUT2D eigenvalue weighted by atomic mass is 127. The summed E-state index contributed by atoms with van der Waals surface area (Å²) in [6.45, 7) is 0. The van der Waals surface area contributed by atoms with Crippen LogP contribution in [0.2, 0.25) is 0 Å². The van der Waals surface area contributed by atoms with Crippen molar-refractivity contribution in [2.45, 2.75) is 0 Å². The molecule has 60 valence electrons. The second kappa shape index (κ2) is 3.14. The van der Waals surface area contributed by atoms with Crippen molar-refractivity contribution >= 4 is 50.3 Å². The van der Waals surface area contributed by atoms with Crippen LogP contribution in [0.25, 0.3) is 10.1 Å². The molecule has 0 aliphatic carbocycles. The van der Waals surface area contributed by atoms with E-state index in [9.17, 15) is 4.79 Å². The Labute approximate surface area is 87.5 Å². The van der Waals surface area contributed by atoms with Crippen LogP contribution in [0.15, 0.2) is 24.3 Å². The normalized spacial score (nSPS) is 10.4. The number of aldehydes is 1. The second-order valence-corrected chi connectivity index (χ2v) is 5.27. The van der Waals surface area contributed by atoms with E-state index in [0.717, 1.165) is 20.1 Å². The monoisotopic (exact) mass is 288 g/mol. The van der Waals surface area contributed by atoms with Gasteiger partial charge in [0, 0.05) is 15.6 Å². The molecule has 0 fully saturated rings. The van der Waals surface area contributed by atoms with Gasteiger partial charge in [-0.25, -0.2) is 0 Å². The Kier molecular flexibility index (Phi) is 2.14. The van der Waals surface area contributed by atoms with E-state index in [-0.39, 0.29) is 0 Å². The quantitative estimate of drug-likeness (QED) is 0.581. The van der Waals surface area contributed by atoms with E-state index in [1.54, 1.807) is 11.3 Å². The first-order valence-corrected chi connectivity index (χ1v) is 5.34. The first-order valence-electron chi connectivity index (χ1n) is 3.45. The molecule has 0 saturated carbocycles. The lowest BCUT2D eigenvalue weighted by molar-refractivity contribution is 0.112. The second-order valence-electron chi connectivity index (χ2n) is 2.40. The van der Waals surface area contributed by atoms with Crippen LogP contribution >= 0.6 is 33.9 Å². The molecule has 0 atom stereocenters. The molecular formula is C9H5IOS. The van der Waals surface area contributed by atoms with Gasteiger partial charge >= 0.3 is 0 Å². The van der Waals surface area contributed by atoms with Crippen molar-refractivity contribution < 1.29 is 4.79 Å². The number of hydrogen-bond acceptors (Lipinski definition) is 2. The lowest BCUT2D eigenvalue weighted by Crippen LogP contribution is -1.77. The predicted octanol–water partition coefficient (Wildman–Crippen LogP) is 3.32. The van der Waals surface area contributed by atoms with Crippen molar-refractivity contribution in [3.05, 3.63) is 32.7 Å². The molecule has 1 aromatic carbocycles. The van der Waals surface area contributed by atoms with E-state index in [1.165, 1.54) is 4.70 Å². The predicted molar refractivity (Wildman–Crippen MR) is 59.9 cm³/mol. The van der Waals surface area contributed by atoms with Gasteiger partial charge in [0.15, 0.2) is 6.29 Å². The molecule has 0 aliphatic heterocycles. The van der Waals surface area contributed by atoms with Gasteiger partial charge in [-0.3, -0.25) is 4.79 Å². The van der Waals surface area contributed by atoms with E-state index in [1.807, 2.05) is 24.3 Å². The highest BCUT2D eigenvalue weighted by Crippen LogP contribution is 2.30. The number of hydrogen-bond donors (Lipinski definition) is 0. The van der Waals surface area contributed by atoms with Crippen LogP contribution < -0.4 is 0 Å². The number of benzene rings is 1. The largest absolute Gasteiger partial charge is 0.298 e. The van der Waals surface area contributed by atoms with Crippen LogP contribution in [0.4, 0.5) is 0 Å². The van der Waals surface area contributed by atoms with Crippen LogP contribution in [0, 0.1) is 2.88 Å². The van der Waals surface area contributed by atoms with Gasteiger partial charge < -0.3 is 0 Å². The van der Waals surface area contributed by atoms with Crippen LogP contribution in [-0.4, -0.2) is 6.29 Å². The summed E-state index contributed by atoms with van der Waals surface area (Å²) in [5.41, 5.74) is 0.830. The lowest BCUT2D eigenvalue weighted by atomic mass is 10.2. The Hall–Kier alpha value is -0.420. The Morgan fingerprint density at radius 3 is 2.83 bits per heavy atom. The molecule has 3 heteroatoms. The lowest BCUT2D eigenvalue weighted by Gasteiger charge is -1.87. The Morgan fingerprint density at radius 2 is 2.08 bits per heavy atom. The van der Waals surface area contributed by atoms with Crippen molar-refractivity contribution in [1.29, 1.82) is 0 Å². The highest BCUT2D eigenvalue weighted by Gasteiger charge is 2.07. The molecule has 0 aliphatic rings. The van der Waals surface area contributed by atoms with Crippen LogP contribution in [0.5, 0.6) is 0 Å². The third-order valence-corrected chi connectivity index (χ3v) is 3.92. The van der Waals surface area contributed by atoms with Crippen LogP contribution in [-0.2, 0) is 0 Å². The van der Waals surface area contributed by atoms with Gasteiger partial charge in [0.1, 0.15) is 0 Å². The zero-order valence-electron chi connectivity index (χ0n) is 6.08. The standard InChI is InChI=1S/C9H5IOS/c10-9-7(5-11)6-3-1-2-4-8(6)12-9/h1-5H. The number of carbonyl (C=O) groups excluding carboxylic acids is 1. The summed E-state index contributed by atoms with van der Waals surface area (Å²) < 4.78 is 2.26. The van der Waals surface area contributed by atoms with Crippen molar-refractivity contribution in [2.75, 3.05) is 0 Å². The molecule has 2 aromatic rings. The zero-order valence-corrected chi connectivity index (χ0v) is 9.06. The summed E-state index contributed by atoms with van der Waals surface area (Å²) >= 11 is 3.86. The maximum atomic E-state index is 10.7. The third-order valence-electron chi connectivity index (χ3n) is 1.71. The summed E-state index contributed by atoms with van der Waals surface area (Å²) in [5.74, 6) is 0. The molecular weight excluding hydrogens is 283 g/mol. The third kappa shape index (κ3) is 1.17. The number of fused-ring (bicyclic) bond motifs is 1. The Balaban J connectivity index is 2.90. The topological polar surface area (TPSA) is 17.1 Å². The molecule has 2 rings (SSSR count). The van der Waals surface area contributed by atoms with E-state index >= 15 is 0 Å². The van der Waals surface area contributed by atoms with Gasteiger partial charge in [-0.1, -0.05) is 18.2 Å². The van der Waals surface area contributed by atoms with Gasteiger partial charge in [-0.15, -0.1) is 11.3 Å². The van der Waals surface area contributed by atoms with Gasteiger partial charge in [0.2, 0.25) is 0 Å². The highest BCUT2D eigenvalue weighted by molar-refractivity contribution is 14.1. The van der Waals surface area contributed by atoms with E-state index in [0.29, 0.717) is 0 Å². The average Bonchev–Trinajstić information content (AvgIpc) is 2.40. The molecule has 0 saturated heterocycles. The van der Waals surface area contributed by atoms with Crippen LogP contribution in [0.3, 0.4) is 0 Å². The van der Waals surface area contributed by atoms with Crippen molar-refractivity contribution in [1.82, 2.24) is 0 Å². The minimum absolute atomic E-state index is 0.830. The summed E-state index contributed by atoms with van der Waals surface area (Å²) in [7, 11) is 0. The van der Waals surface area contributed by atoms with Gasteiger partial charge in [-0.2, -0.15) is 0 Å². The minimum Gasteiger partial charge on any atom is -0.298 e. The number of thiophene rings is 1. The minimum atomic E-state index is 0.830. The molecule has 1 aromatic heterocycles. The van der Waals surface area contributed by atoms with Gasteiger partial charge in [-0.05, 0) is 28.7 Å².